The number of rotatable bonds is 3. The minimum absolute atomic E-state index is 0.171. The van der Waals surface area contributed by atoms with Crippen LogP contribution < -0.4 is 5.73 Å². The van der Waals surface area contributed by atoms with Crippen LogP contribution in [0.25, 0.3) is 0 Å². The third-order valence-corrected chi connectivity index (χ3v) is 3.00. The van der Waals surface area contributed by atoms with Gasteiger partial charge >= 0.3 is 0 Å². The van der Waals surface area contributed by atoms with Crippen molar-refractivity contribution in [3.63, 3.8) is 0 Å². The molecule has 1 fully saturated rings. The zero-order valence-corrected chi connectivity index (χ0v) is 7.83. The van der Waals surface area contributed by atoms with Crippen LogP contribution in [0, 0.1) is 0 Å². The highest BCUT2D eigenvalue weighted by atomic mass is 32.2. The van der Waals surface area contributed by atoms with Gasteiger partial charge in [0, 0.05) is 0 Å². The SMILES string of the molecule is CCSC1O[C@H](CO)[C@H](O)[C@H]1N. The van der Waals surface area contributed by atoms with Crippen molar-refractivity contribution in [1.82, 2.24) is 0 Å². The Morgan fingerprint density at radius 3 is 2.67 bits per heavy atom. The van der Waals surface area contributed by atoms with Gasteiger partial charge in [-0.1, -0.05) is 6.92 Å². The lowest BCUT2D eigenvalue weighted by atomic mass is 10.1. The maximum Gasteiger partial charge on any atom is 0.121 e. The molecule has 1 rings (SSSR count). The lowest BCUT2D eigenvalue weighted by Crippen LogP contribution is -2.40. The summed E-state index contributed by atoms with van der Waals surface area (Å²) in [4.78, 5) is 0. The van der Waals surface area contributed by atoms with Gasteiger partial charge in [-0.3, -0.25) is 0 Å². The number of aliphatic hydroxyl groups excluding tert-OH is 2. The summed E-state index contributed by atoms with van der Waals surface area (Å²) in [5.41, 5.74) is 5.49. The van der Waals surface area contributed by atoms with Crippen molar-refractivity contribution in [1.29, 1.82) is 0 Å². The molecule has 4 nitrogen and oxygen atoms in total. The third-order valence-electron chi connectivity index (χ3n) is 1.91. The molecule has 0 radical (unpaired) electrons. The molecule has 72 valence electrons. The van der Waals surface area contributed by atoms with Crippen LogP contribution in [-0.4, -0.2) is 46.3 Å². The second-order valence-electron chi connectivity index (χ2n) is 2.75. The minimum Gasteiger partial charge on any atom is -0.394 e. The summed E-state index contributed by atoms with van der Waals surface area (Å²) in [5, 5.41) is 18.2. The lowest BCUT2D eigenvalue weighted by Gasteiger charge is -2.13. The van der Waals surface area contributed by atoms with E-state index in [0.717, 1.165) is 5.75 Å². The highest BCUT2D eigenvalue weighted by Gasteiger charge is 2.40. The molecule has 0 aromatic carbocycles. The van der Waals surface area contributed by atoms with Crippen molar-refractivity contribution in [3.8, 4) is 0 Å². The van der Waals surface area contributed by atoms with Crippen molar-refractivity contribution >= 4 is 11.8 Å². The zero-order valence-electron chi connectivity index (χ0n) is 7.01. The van der Waals surface area contributed by atoms with Gasteiger partial charge in [-0.15, -0.1) is 11.8 Å². The molecular formula is C7H15NO3S. The van der Waals surface area contributed by atoms with E-state index in [1.807, 2.05) is 6.92 Å². The van der Waals surface area contributed by atoms with Gasteiger partial charge in [0.2, 0.25) is 0 Å². The van der Waals surface area contributed by atoms with E-state index in [-0.39, 0.29) is 18.1 Å². The molecule has 1 aliphatic rings. The van der Waals surface area contributed by atoms with Gasteiger partial charge in [0.05, 0.1) is 12.6 Å². The Kier molecular flexibility index (Phi) is 3.79. The van der Waals surface area contributed by atoms with Crippen molar-refractivity contribution in [2.75, 3.05) is 12.4 Å². The van der Waals surface area contributed by atoms with E-state index in [2.05, 4.69) is 0 Å². The van der Waals surface area contributed by atoms with Crippen molar-refractivity contribution in [2.24, 2.45) is 5.73 Å². The summed E-state index contributed by atoms with van der Waals surface area (Å²) in [7, 11) is 0. The summed E-state index contributed by atoms with van der Waals surface area (Å²) in [6, 6.07) is -0.382. The van der Waals surface area contributed by atoms with Crippen LogP contribution >= 0.6 is 11.8 Å². The second kappa shape index (κ2) is 4.43. The summed E-state index contributed by atoms with van der Waals surface area (Å²) in [6.07, 6.45) is -1.25. The first-order chi connectivity index (χ1) is 5.70. The molecular weight excluding hydrogens is 178 g/mol. The molecule has 0 aromatic rings. The average Bonchev–Trinajstić information content (AvgIpc) is 2.33. The maximum atomic E-state index is 9.43. The number of nitrogens with two attached hydrogens (primary N) is 1. The predicted octanol–water partition coefficient (Wildman–Crippen LogP) is -0.855. The summed E-state index contributed by atoms with van der Waals surface area (Å²) >= 11 is 1.55. The first-order valence-corrected chi connectivity index (χ1v) is 5.07. The van der Waals surface area contributed by atoms with Crippen molar-refractivity contribution < 1.29 is 14.9 Å². The molecule has 0 bridgehead atoms. The Bertz CT molecular complexity index is 147. The quantitative estimate of drug-likeness (QED) is 0.544. The molecule has 4 atom stereocenters. The average molecular weight is 193 g/mol. The van der Waals surface area contributed by atoms with Crippen LogP contribution in [0.1, 0.15) is 6.92 Å². The molecule has 0 aromatic heterocycles. The van der Waals surface area contributed by atoms with E-state index in [9.17, 15) is 5.11 Å². The number of ether oxygens (including phenoxy) is 1. The monoisotopic (exact) mass is 193 g/mol. The minimum atomic E-state index is -0.737. The zero-order chi connectivity index (χ0) is 9.14. The van der Waals surface area contributed by atoms with Crippen LogP contribution in [0.15, 0.2) is 0 Å². The first-order valence-electron chi connectivity index (χ1n) is 4.02. The number of hydrogen-bond acceptors (Lipinski definition) is 5. The Balaban J connectivity index is 2.48. The third kappa shape index (κ3) is 1.92. The maximum absolute atomic E-state index is 9.43. The highest BCUT2D eigenvalue weighted by molar-refractivity contribution is 7.99. The molecule has 0 spiro atoms. The lowest BCUT2D eigenvalue weighted by molar-refractivity contribution is -0.00282. The van der Waals surface area contributed by atoms with Gasteiger partial charge in [0.25, 0.3) is 0 Å². The van der Waals surface area contributed by atoms with E-state index in [0.29, 0.717) is 0 Å². The van der Waals surface area contributed by atoms with E-state index in [1.165, 1.54) is 0 Å². The molecule has 4 N–H and O–H groups in total. The Morgan fingerprint density at radius 2 is 2.25 bits per heavy atom. The fraction of sp³-hybridized carbons (Fsp3) is 1.00. The van der Waals surface area contributed by atoms with Crippen LogP contribution in [0.2, 0.25) is 0 Å². The smallest absolute Gasteiger partial charge is 0.121 e. The normalized spacial score (nSPS) is 42.0. The van der Waals surface area contributed by atoms with Crippen LogP contribution in [0.3, 0.4) is 0 Å². The number of thioether (sulfide) groups is 1. The van der Waals surface area contributed by atoms with Crippen LogP contribution in [0.4, 0.5) is 0 Å². The molecule has 0 saturated carbocycles. The number of aliphatic hydroxyl groups is 2. The van der Waals surface area contributed by atoms with Crippen LogP contribution in [-0.2, 0) is 4.74 Å². The van der Waals surface area contributed by atoms with E-state index < -0.39 is 12.2 Å². The van der Waals surface area contributed by atoms with Crippen molar-refractivity contribution in [2.45, 2.75) is 30.6 Å². The van der Waals surface area contributed by atoms with Gasteiger partial charge in [-0.05, 0) is 5.75 Å². The van der Waals surface area contributed by atoms with Crippen LogP contribution in [0.5, 0.6) is 0 Å². The molecule has 1 heterocycles. The predicted molar refractivity (Wildman–Crippen MR) is 47.9 cm³/mol. The Labute approximate surface area is 76.1 Å². The topological polar surface area (TPSA) is 75.7 Å². The molecule has 5 heteroatoms. The van der Waals surface area contributed by atoms with Gasteiger partial charge in [-0.2, -0.15) is 0 Å². The van der Waals surface area contributed by atoms with Gasteiger partial charge in [0.1, 0.15) is 17.6 Å². The molecule has 1 saturated heterocycles. The van der Waals surface area contributed by atoms with E-state index >= 15 is 0 Å². The van der Waals surface area contributed by atoms with E-state index in [1.54, 1.807) is 11.8 Å². The van der Waals surface area contributed by atoms with Gasteiger partial charge in [0.15, 0.2) is 0 Å². The number of hydrogen-bond donors (Lipinski definition) is 3. The molecule has 1 unspecified atom stereocenters. The fourth-order valence-electron chi connectivity index (χ4n) is 1.22. The van der Waals surface area contributed by atoms with Gasteiger partial charge in [-0.25, -0.2) is 0 Å². The second-order valence-corrected chi connectivity index (χ2v) is 4.12. The highest BCUT2D eigenvalue weighted by Crippen LogP contribution is 2.27. The Hall–Kier alpha value is 0.190. The summed E-state index contributed by atoms with van der Waals surface area (Å²) < 4.78 is 5.31. The molecule has 0 aliphatic carbocycles. The molecule has 12 heavy (non-hydrogen) atoms. The van der Waals surface area contributed by atoms with E-state index in [4.69, 9.17) is 15.6 Å². The molecule has 1 aliphatic heterocycles. The van der Waals surface area contributed by atoms with Gasteiger partial charge < -0.3 is 20.7 Å². The standard InChI is InChI=1S/C7H15NO3S/c1-2-12-7-5(8)6(10)4(3-9)11-7/h4-7,9-10H,2-3,8H2,1H3/t4-,5-,6+,7?/m1/s1. The summed E-state index contributed by atoms with van der Waals surface area (Å²) in [6.45, 7) is 1.83. The van der Waals surface area contributed by atoms with Crippen molar-refractivity contribution in [3.05, 3.63) is 0 Å². The Morgan fingerprint density at radius 1 is 1.58 bits per heavy atom. The fourth-order valence-corrected chi connectivity index (χ4v) is 2.15. The molecule has 0 amide bonds. The summed E-state index contributed by atoms with van der Waals surface area (Å²) in [5.74, 6) is 0.892. The first kappa shape index (κ1) is 10.3. The largest absolute Gasteiger partial charge is 0.394 e.